The maximum absolute atomic E-state index is 12.6. The van der Waals surface area contributed by atoms with E-state index in [1.165, 1.54) is 6.07 Å². The molecule has 126 valence electrons. The van der Waals surface area contributed by atoms with Gasteiger partial charge in [-0.3, -0.25) is 9.59 Å². The number of nitrogens with zero attached hydrogens (tertiary/aromatic N) is 1. The average molecular weight is 374 g/mol. The highest BCUT2D eigenvalue weighted by molar-refractivity contribution is 6.36. The maximum atomic E-state index is 12.6. The quantitative estimate of drug-likeness (QED) is 0.786. The highest BCUT2D eigenvalue weighted by Gasteiger charge is 2.56. The summed E-state index contributed by atoms with van der Waals surface area (Å²) in [6.07, 6.45) is 0.890. The van der Waals surface area contributed by atoms with E-state index in [-0.39, 0.29) is 0 Å². The first kappa shape index (κ1) is 17.3. The van der Waals surface area contributed by atoms with Gasteiger partial charge < -0.3 is 10.6 Å². The van der Waals surface area contributed by atoms with Crippen molar-refractivity contribution in [1.82, 2.24) is 0 Å². The van der Waals surface area contributed by atoms with E-state index < -0.39 is 17.2 Å². The van der Waals surface area contributed by atoms with Crippen molar-refractivity contribution < 1.29 is 9.59 Å². The smallest absolute Gasteiger partial charge is 0.240 e. The van der Waals surface area contributed by atoms with Crippen molar-refractivity contribution in [2.45, 2.75) is 12.8 Å². The third kappa shape index (κ3) is 3.60. The van der Waals surface area contributed by atoms with Crippen LogP contribution in [0.15, 0.2) is 42.5 Å². The van der Waals surface area contributed by atoms with Crippen LogP contribution in [0.25, 0.3) is 0 Å². The largest absolute Gasteiger partial charge is 0.325 e. The van der Waals surface area contributed by atoms with Crippen molar-refractivity contribution >= 4 is 46.4 Å². The zero-order valence-corrected chi connectivity index (χ0v) is 14.5. The second-order valence-corrected chi connectivity index (χ2v) is 6.65. The summed E-state index contributed by atoms with van der Waals surface area (Å²) in [6.45, 7) is 0. The molecule has 2 amide bonds. The predicted molar refractivity (Wildman–Crippen MR) is 96.5 cm³/mol. The fraction of sp³-hybridized carbons (Fsp3) is 0.167. The summed E-state index contributed by atoms with van der Waals surface area (Å²) in [4.78, 5) is 25.2. The summed E-state index contributed by atoms with van der Waals surface area (Å²) in [5.41, 5.74) is 0.139. The molecule has 25 heavy (non-hydrogen) atoms. The number of nitrogens with one attached hydrogen (secondary N) is 2. The van der Waals surface area contributed by atoms with E-state index in [0.29, 0.717) is 39.8 Å². The van der Waals surface area contributed by atoms with Crippen LogP contribution < -0.4 is 10.6 Å². The Hall–Kier alpha value is -2.55. The van der Waals surface area contributed by atoms with Gasteiger partial charge in [-0.1, -0.05) is 29.3 Å². The Labute approximate surface area is 154 Å². The van der Waals surface area contributed by atoms with Gasteiger partial charge in [0, 0.05) is 10.7 Å². The lowest BCUT2D eigenvalue weighted by Gasteiger charge is -2.16. The van der Waals surface area contributed by atoms with Gasteiger partial charge in [0.15, 0.2) is 0 Å². The van der Waals surface area contributed by atoms with Crippen LogP contribution in [-0.4, -0.2) is 11.8 Å². The zero-order chi connectivity index (χ0) is 18.0. The monoisotopic (exact) mass is 373 g/mol. The summed E-state index contributed by atoms with van der Waals surface area (Å²) in [6, 6.07) is 13.3. The third-order valence-corrected chi connectivity index (χ3v) is 4.61. The third-order valence-electron chi connectivity index (χ3n) is 4.05. The van der Waals surface area contributed by atoms with E-state index in [1.54, 1.807) is 36.4 Å². The van der Waals surface area contributed by atoms with Crippen molar-refractivity contribution in [2.24, 2.45) is 5.41 Å². The number of benzene rings is 2. The molecule has 0 aromatic heterocycles. The van der Waals surface area contributed by atoms with Crippen LogP contribution >= 0.6 is 23.2 Å². The fourth-order valence-corrected chi connectivity index (χ4v) is 2.77. The van der Waals surface area contributed by atoms with E-state index in [4.69, 9.17) is 28.5 Å². The normalized spacial score (nSPS) is 14.3. The molecule has 0 unspecified atom stereocenters. The van der Waals surface area contributed by atoms with Gasteiger partial charge in [0.05, 0.1) is 22.3 Å². The molecule has 0 aliphatic heterocycles. The average Bonchev–Trinajstić information content (AvgIpc) is 3.40. The van der Waals surface area contributed by atoms with Crippen molar-refractivity contribution in [2.75, 3.05) is 10.6 Å². The predicted octanol–water partition coefficient (Wildman–Crippen LogP) is 4.22. The highest BCUT2D eigenvalue weighted by atomic mass is 35.5. The molecule has 7 heteroatoms. The van der Waals surface area contributed by atoms with E-state index in [2.05, 4.69) is 10.6 Å². The van der Waals surface area contributed by atoms with Crippen LogP contribution in [0.4, 0.5) is 11.4 Å². The molecule has 2 N–H and O–H groups in total. The Kier molecular flexibility index (Phi) is 4.67. The minimum Gasteiger partial charge on any atom is -0.325 e. The molecule has 0 saturated heterocycles. The minimum atomic E-state index is -1.13. The first-order valence-electron chi connectivity index (χ1n) is 7.53. The van der Waals surface area contributed by atoms with Crippen molar-refractivity contribution in [3.63, 3.8) is 0 Å². The summed E-state index contributed by atoms with van der Waals surface area (Å²) in [5.74, 6) is -0.830. The standard InChI is InChI=1S/C18H13Cl2N3O2/c19-12-4-5-14(20)15(9-12)23-17(25)18(6-7-18)16(24)22-13-3-1-2-11(8-13)10-21/h1-5,8-9H,6-7H2,(H,22,24)(H,23,25). The van der Waals surface area contributed by atoms with Crippen LogP contribution in [0, 0.1) is 16.7 Å². The molecule has 1 aliphatic carbocycles. The molecule has 2 aromatic carbocycles. The molecule has 0 radical (unpaired) electrons. The van der Waals surface area contributed by atoms with E-state index in [9.17, 15) is 9.59 Å². The number of halogens is 2. The van der Waals surface area contributed by atoms with Crippen molar-refractivity contribution in [3.05, 3.63) is 58.1 Å². The number of carbonyl (C=O) groups excluding carboxylic acids is 2. The molecule has 0 heterocycles. The summed E-state index contributed by atoms with van der Waals surface area (Å²) in [5, 5.41) is 15.1. The van der Waals surface area contributed by atoms with Crippen LogP contribution in [0.1, 0.15) is 18.4 Å². The van der Waals surface area contributed by atoms with E-state index >= 15 is 0 Å². The van der Waals surface area contributed by atoms with Crippen molar-refractivity contribution in [3.8, 4) is 6.07 Å². The van der Waals surface area contributed by atoms with Gasteiger partial charge in [-0.2, -0.15) is 5.26 Å². The van der Waals surface area contributed by atoms with Crippen LogP contribution in [0.3, 0.4) is 0 Å². The second kappa shape index (κ2) is 6.75. The Morgan fingerprint density at radius 2 is 1.76 bits per heavy atom. The molecular formula is C18H13Cl2N3O2. The number of carbonyl (C=O) groups is 2. The first-order chi connectivity index (χ1) is 11.9. The number of anilines is 2. The molecular weight excluding hydrogens is 361 g/mol. The molecule has 2 aromatic rings. The molecule has 0 atom stereocenters. The fourth-order valence-electron chi connectivity index (χ4n) is 2.43. The lowest BCUT2D eigenvalue weighted by Crippen LogP contribution is -2.35. The number of hydrogen-bond donors (Lipinski definition) is 2. The molecule has 0 bridgehead atoms. The molecule has 0 spiro atoms. The van der Waals surface area contributed by atoms with Gasteiger partial charge in [0.2, 0.25) is 11.8 Å². The lowest BCUT2D eigenvalue weighted by atomic mass is 10.0. The number of hydrogen-bond acceptors (Lipinski definition) is 3. The van der Waals surface area contributed by atoms with Crippen LogP contribution in [-0.2, 0) is 9.59 Å². The zero-order valence-electron chi connectivity index (χ0n) is 13.0. The maximum Gasteiger partial charge on any atom is 0.240 e. The van der Waals surface area contributed by atoms with Gasteiger partial charge in [-0.05, 0) is 49.2 Å². The SMILES string of the molecule is N#Cc1cccc(NC(=O)C2(C(=O)Nc3cc(Cl)ccc3Cl)CC2)c1. The molecule has 1 fully saturated rings. The van der Waals surface area contributed by atoms with Gasteiger partial charge >= 0.3 is 0 Å². The molecule has 3 rings (SSSR count). The number of rotatable bonds is 4. The highest BCUT2D eigenvalue weighted by Crippen LogP contribution is 2.48. The van der Waals surface area contributed by atoms with E-state index in [1.807, 2.05) is 6.07 Å². The molecule has 1 saturated carbocycles. The van der Waals surface area contributed by atoms with Gasteiger partial charge in [0.25, 0.3) is 0 Å². The lowest BCUT2D eigenvalue weighted by molar-refractivity contribution is -0.131. The van der Waals surface area contributed by atoms with Gasteiger partial charge in [0.1, 0.15) is 5.41 Å². The Bertz CT molecular complexity index is 901. The number of amides is 2. The Morgan fingerprint density at radius 3 is 2.44 bits per heavy atom. The van der Waals surface area contributed by atoms with E-state index in [0.717, 1.165) is 0 Å². The summed E-state index contributed by atoms with van der Waals surface area (Å²) in [7, 11) is 0. The molecule has 5 nitrogen and oxygen atoms in total. The first-order valence-corrected chi connectivity index (χ1v) is 8.28. The van der Waals surface area contributed by atoms with Gasteiger partial charge in [-0.15, -0.1) is 0 Å². The minimum absolute atomic E-state index is 0.343. The van der Waals surface area contributed by atoms with Crippen LogP contribution in [0.5, 0.6) is 0 Å². The summed E-state index contributed by atoms with van der Waals surface area (Å²) >= 11 is 12.0. The van der Waals surface area contributed by atoms with Crippen LogP contribution in [0.2, 0.25) is 10.0 Å². The Balaban J connectivity index is 1.74. The van der Waals surface area contributed by atoms with Gasteiger partial charge in [-0.25, -0.2) is 0 Å². The van der Waals surface area contributed by atoms with Crippen molar-refractivity contribution in [1.29, 1.82) is 5.26 Å². The number of nitriles is 1. The Morgan fingerprint density at radius 1 is 1.04 bits per heavy atom. The topological polar surface area (TPSA) is 82.0 Å². The second-order valence-electron chi connectivity index (χ2n) is 5.81. The summed E-state index contributed by atoms with van der Waals surface area (Å²) < 4.78 is 0. The molecule has 1 aliphatic rings.